The summed E-state index contributed by atoms with van der Waals surface area (Å²) in [6, 6.07) is 6.88. The van der Waals surface area contributed by atoms with E-state index in [0.29, 0.717) is 17.3 Å². The number of rotatable bonds is 12. The number of unbranched alkanes of at least 4 members (excludes halogenated alkanes) is 3. The maximum Gasteiger partial charge on any atom is 0.251 e. The molecule has 28 heavy (non-hydrogen) atoms. The minimum absolute atomic E-state index is 0.127. The maximum absolute atomic E-state index is 12.2. The first kappa shape index (κ1) is 21.8. The fraction of sp³-hybridized carbons (Fsp3) is 0.500. The summed E-state index contributed by atoms with van der Waals surface area (Å²) in [5.74, 6) is 0.0886. The fourth-order valence-corrected chi connectivity index (χ4v) is 3.19. The lowest BCUT2D eigenvalue weighted by Crippen LogP contribution is -2.32. The molecule has 0 saturated heterocycles. The molecule has 2 aromatic rings. The predicted octanol–water partition coefficient (Wildman–Crippen LogP) is 3.82. The first-order valence-electron chi connectivity index (χ1n) is 9.75. The van der Waals surface area contributed by atoms with E-state index in [1.165, 1.54) is 11.3 Å². The highest BCUT2D eigenvalue weighted by Crippen LogP contribution is 2.17. The normalized spacial score (nSPS) is 10.5. The Balaban J connectivity index is 1.73. The number of carbonyl (C=O) groups excluding carboxylic acids is 2. The molecule has 2 N–H and O–H groups in total. The van der Waals surface area contributed by atoms with Gasteiger partial charge in [0, 0.05) is 12.0 Å². The molecule has 0 radical (unpaired) electrons. The topological polar surface area (TPSA) is 93.2 Å². The van der Waals surface area contributed by atoms with Crippen LogP contribution in [0.5, 0.6) is 5.75 Å². The van der Waals surface area contributed by atoms with Gasteiger partial charge in [-0.05, 0) is 37.1 Å². The Bertz CT molecular complexity index is 746. The second-order valence-corrected chi connectivity index (χ2v) is 7.48. The van der Waals surface area contributed by atoms with E-state index in [2.05, 4.69) is 34.7 Å². The molecule has 1 aromatic heterocycles. The van der Waals surface area contributed by atoms with Crippen molar-refractivity contribution < 1.29 is 14.3 Å². The number of aryl methyl sites for hydroxylation is 1. The standard InChI is InChI=1S/C20H28N4O3S/c1-3-5-7-8-18-23-24-20(28-18)22-17(25)14-21-19(26)15-9-11-16(12-10-15)27-13-6-4-2/h9-12H,3-8,13-14H2,1-2H3,(H,21,26)(H,22,24,25). The molecule has 0 fully saturated rings. The summed E-state index contributed by atoms with van der Waals surface area (Å²) in [5, 5.41) is 14.7. The van der Waals surface area contributed by atoms with Crippen LogP contribution >= 0.6 is 11.3 Å². The van der Waals surface area contributed by atoms with Crippen LogP contribution in [0, 0.1) is 0 Å². The number of benzene rings is 1. The summed E-state index contributed by atoms with van der Waals surface area (Å²) in [6.07, 6.45) is 6.30. The third kappa shape index (κ3) is 7.64. The SMILES string of the molecule is CCCCCc1nnc(NC(=O)CNC(=O)c2ccc(OCCCC)cc2)s1. The quantitative estimate of drug-likeness (QED) is 0.525. The lowest BCUT2D eigenvalue weighted by Gasteiger charge is -2.07. The van der Waals surface area contributed by atoms with E-state index in [1.54, 1.807) is 24.3 Å². The number of nitrogens with one attached hydrogen (secondary N) is 2. The summed E-state index contributed by atoms with van der Waals surface area (Å²) >= 11 is 1.37. The van der Waals surface area contributed by atoms with Crippen LogP contribution in [0.4, 0.5) is 5.13 Å². The molecule has 1 heterocycles. The smallest absolute Gasteiger partial charge is 0.251 e. The summed E-state index contributed by atoms with van der Waals surface area (Å²) in [4.78, 5) is 24.2. The molecule has 0 aliphatic carbocycles. The van der Waals surface area contributed by atoms with Crippen molar-refractivity contribution in [3.05, 3.63) is 34.8 Å². The first-order valence-corrected chi connectivity index (χ1v) is 10.6. The van der Waals surface area contributed by atoms with E-state index in [-0.39, 0.29) is 18.4 Å². The summed E-state index contributed by atoms with van der Waals surface area (Å²) in [7, 11) is 0. The Morgan fingerprint density at radius 1 is 1.04 bits per heavy atom. The molecule has 0 aliphatic rings. The molecular weight excluding hydrogens is 376 g/mol. The Hall–Kier alpha value is -2.48. The highest BCUT2D eigenvalue weighted by Gasteiger charge is 2.11. The molecular formula is C20H28N4O3S. The second-order valence-electron chi connectivity index (χ2n) is 6.42. The molecule has 1 aromatic carbocycles. The van der Waals surface area contributed by atoms with Gasteiger partial charge in [0.1, 0.15) is 10.8 Å². The van der Waals surface area contributed by atoms with Crippen molar-refractivity contribution in [3.8, 4) is 5.75 Å². The Labute approximate surface area is 169 Å². The van der Waals surface area contributed by atoms with Crippen LogP contribution in [-0.2, 0) is 11.2 Å². The number of anilines is 1. The minimum Gasteiger partial charge on any atom is -0.494 e. The second kappa shape index (κ2) is 12.1. The Morgan fingerprint density at radius 2 is 1.79 bits per heavy atom. The fourth-order valence-electron chi connectivity index (χ4n) is 2.39. The summed E-state index contributed by atoms with van der Waals surface area (Å²) in [5.41, 5.74) is 0.477. The van der Waals surface area contributed by atoms with Gasteiger partial charge in [-0.15, -0.1) is 10.2 Å². The van der Waals surface area contributed by atoms with E-state index in [1.807, 2.05) is 0 Å². The van der Waals surface area contributed by atoms with Gasteiger partial charge in [0.15, 0.2) is 0 Å². The summed E-state index contributed by atoms with van der Waals surface area (Å²) in [6.45, 7) is 4.78. The zero-order chi connectivity index (χ0) is 20.2. The van der Waals surface area contributed by atoms with Gasteiger partial charge >= 0.3 is 0 Å². The predicted molar refractivity (Wildman–Crippen MR) is 111 cm³/mol. The van der Waals surface area contributed by atoms with Crippen LogP contribution in [0.15, 0.2) is 24.3 Å². The van der Waals surface area contributed by atoms with Gasteiger partial charge in [0.2, 0.25) is 11.0 Å². The number of carbonyl (C=O) groups is 2. The van der Waals surface area contributed by atoms with Crippen molar-refractivity contribution >= 4 is 28.3 Å². The van der Waals surface area contributed by atoms with Crippen molar-refractivity contribution in [1.29, 1.82) is 0 Å². The number of aromatic nitrogens is 2. The zero-order valence-electron chi connectivity index (χ0n) is 16.5. The lowest BCUT2D eigenvalue weighted by atomic mass is 10.2. The molecule has 8 heteroatoms. The highest BCUT2D eigenvalue weighted by molar-refractivity contribution is 7.15. The van der Waals surface area contributed by atoms with Gasteiger partial charge in [-0.2, -0.15) is 0 Å². The van der Waals surface area contributed by atoms with E-state index in [9.17, 15) is 9.59 Å². The molecule has 2 rings (SSSR count). The van der Waals surface area contributed by atoms with Gasteiger partial charge in [-0.3, -0.25) is 14.9 Å². The summed E-state index contributed by atoms with van der Waals surface area (Å²) < 4.78 is 5.57. The van der Waals surface area contributed by atoms with Crippen LogP contribution in [0.1, 0.15) is 61.3 Å². The third-order valence-electron chi connectivity index (χ3n) is 4.00. The van der Waals surface area contributed by atoms with Crippen LogP contribution in [0.2, 0.25) is 0 Å². The van der Waals surface area contributed by atoms with Crippen LogP contribution in [-0.4, -0.2) is 35.2 Å². The van der Waals surface area contributed by atoms with Gasteiger partial charge in [-0.1, -0.05) is 44.4 Å². The van der Waals surface area contributed by atoms with Gasteiger partial charge in [0.25, 0.3) is 5.91 Å². The molecule has 0 atom stereocenters. The average molecular weight is 405 g/mol. The number of hydrogen-bond donors (Lipinski definition) is 2. The van der Waals surface area contributed by atoms with Gasteiger partial charge in [0.05, 0.1) is 13.2 Å². The van der Waals surface area contributed by atoms with Crippen molar-refractivity contribution in [2.24, 2.45) is 0 Å². The van der Waals surface area contributed by atoms with Crippen LogP contribution < -0.4 is 15.4 Å². The minimum atomic E-state index is -0.330. The van der Waals surface area contributed by atoms with Gasteiger partial charge in [-0.25, -0.2) is 0 Å². The Kier molecular flexibility index (Phi) is 9.41. The van der Waals surface area contributed by atoms with Crippen LogP contribution in [0.3, 0.4) is 0 Å². The number of amides is 2. The highest BCUT2D eigenvalue weighted by atomic mass is 32.1. The van der Waals surface area contributed by atoms with Crippen molar-refractivity contribution in [2.45, 2.75) is 52.4 Å². The zero-order valence-corrected chi connectivity index (χ0v) is 17.3. The van der Waals surface area contributed by atoms with Crippen molar-refractivity contribution in [1.82, 2.24) is 15.5 Å². The number of hydrogen-bond acceptors (Lipinski definition) is 6. The van der Waals surface area contributed by atoms with E-state index in [4.69, 9.17) is 4.74 Å². The first-order chi connectivity index (χ1) is 13.6. The number of nitrogens with zero attached hydrogens (tertiary/aromatic N) is 2. The molecule has 7 nitrogen and oxygen atoms in total. The maximum atomic E-state index is 12.2. The van der Waals surface area contributed by atoms with Crippen molar-refractivity contribution in [2.75, 3.05) is 18.5 Å². The van der Waals surface area contributed by atoms with E-state index >= 15 is 0 Å². The molecule has 0 saturated carbocycles. The largest absolute Gasteiger partial charge is 0.494 e. The molecule has 0 spiro atoms. The monoisotopic (exact) mass is 404 g/mol. The molecule has 152 valence electrons. The van der Waals surface area contributed by atoms with Gasteiger partial charge < -0.3 is 10.1 Å². The molecule has 0 aliphatic heterocycles. The molecule has 0 unspecified atom stereocenters. The molecule has 0 bridgehead atoms. The van der Waals surface area contributed by atoms with Crippen LogP contribution in [0.25, 0.3) is 0 Å². The average Bonchev–Trinajstić information content (AvgIpc) is 3.14. The third-order valence-corrected chi connectivity index (χ3v) is 4.90. The number of ether oxygens (including phenoxy) is 1. The van der Waals surface area contributed by atoms with Crippen molar-refractivity contribution in [3.63, 3.8) is 0 Å². The van der Waals surface area contributed by atoms with E-state index in [0.717, 1.165) is 49.3 Å². The Morgan fingerprint density at radius 3 is 2.50 bits per heavy atom. The molecule has 2 amide bonds. The van der Waals surface area contributed by atoms with E-state index < -0.39 is 0 Å². The lowest BCUT2D eigenvalue weighted by molar-refractivity contribution is -0.115.